The molecule has 0 aliphatic heterocycles. The van der Waals surface area contributed by atoms with E-state index in [1.165, 1.54) is 0 Å². The molecule has 0 heterocycles. The first-order chi connectivity index (χ1) is 6.41. The number of carbonyl (C=O) groups excluding carboxylic acids is 1. The fourth-order valence-electron chi connectivity index (χ4n) is 1.08. The summed E-state index contributed by atoms with van der Waals surface area (Å²) in [6.45, 7) is 5.85. The highest BCUT2D eigenvalue weighted by molar-refractivity contribution is 9.10. The zero-order valence-corrected chi connectivity index (χ0v) is 10.4. The normalized spacial score (nSPS) is 11.4. The molecular formula is C12H15BrO. The molecule has 14 heavy (non-hydrogen) atoms. The number of rotatable bonds is 2. The van der Waals surface area contributed by atoms with E-state index in [0.717, 1.165) is 10.0 Å². The van der Waals surface area contributed by atoms with Crippen LogP contribution in [0.15, 0.2) is 28.7 Å². The van der Waals surface area contributed by atoms with Gasteiger partial charge in [-0.3, -0.25) is 4.79 Å². The quantitative estimate of drug-likeness (QED) is 0.789. The molecule has 0 radical (unpaired) electrons. The zero-order valence-electron chi connectivity index (χ0n) is 8.80. The maximum absolute atomic E-state index is 11.8. The van der Waals surface area contributed by atoms with Gasteiger partial charge in [0.25, 0.3) is 0 Å². The molecule has 0 amide bonds. The number of ketones is 1. The van der Waals surface area contributed by atoms with Gasteiger partial charge in [-0.2, -0.15) is 0 Å². The number of hydrogen-bond acceptors (Lipinski definition) is 1. The molecule has 0 fully saturated rings. The van der Waals surface area contributed by atoms with Crippen LogP contribution in [0.2, 0.25) is 0 Å². The van der Waals surface area contributed by atoms with Gasteiger partial charge < -0.3 is 0 Å². The van der Waals surface area contributed by atoms with Gasteiger partial charge in [-0.1, -0.05) is 54.9 Å². The second-order valence-electron chi connectivity index (χ2n) is 4.44. The van der Waals surface area contributed by atoms with Gasteiger partial charge in [0, 0.05) is 16.3 Å². The van der Waals surface area contributed by atoms with E-state index in [1.807, 2.05) is 45.0 Å². The minimum absolute atomic E-state index is 0.255. The Kier molecular flexibility index (Phi) is 3.48. The highest BCUT2D eigenvalue weighted by Crippen LogP contribution is 2.22. The molecule has 0 saturated heterocycles. The Bertz CT molecular complexity index is 336. The van der Waals surface area contributed by atoms with Crippen molar-refractivity contribution in [3.63, 3.8) is 0 Å². The molecule has 76 valence electrons. The number of hydrogen-bond donors (Lipinski definition) is 0. The zero-order chi connectivity index (χ0) is 10.8. The van der Waals surface area contributed by atoms with Crippen molar-refractivity contribution in [1.82, 2.24) is 0 Å². The van der Waals surface area contributed by atoms with Crippen molar-refractivity contribution in [2.75, 3.05) is 0 Å². The van der Waals surface area contributed by atoms with Crippen molar-refractivity contribution in [1.29, 1.82) is 0 Å². The molecule has 1 aromatic rings. The first-order valence-corrected chi connectivity index (χ1v) is 5.47. The molecule has 0 saturated carbocycles. The van der Waals surface area contributed by atoms with Gasteiger partial charge in [-0.15, -0.1) is 0 Å². The smallest absolute Gasteiger partial charge is 0.142 e. The molecule has 0 aromatic heterocycles. The van der Waals surface area contributed by atoms with Crippen LogP contribution in [0, 0.1) is 5.41 Å². The van der Waals surface area contributed by atoms with Crippen LogP contribution in [-0.4, -0.2) is 5.78 Å². The van der Waals surface area contributed by atoms with E-state index < -0.39 is 0 Å². The predicted octanol–water partition coefficient (Wildman–Crippen LogP) is 3.61. The van der Waals surface area contributed by atoms with Crippen molar-refractivity contribution in [3.8, 4) is 0 Å². The molecular weight excluding hydrogens is 240 g/mol. The van der Waals surface area contributed by atoms with Crippen LogP contribution in [0.1, 0.15) is 26.3 Å². The van der Waals surface area contributed by atoms with Gasteiger partial charge in [-0.05, 0) is 11.6 Å². The Labute approximate surface area is 93.7 Å². The molecule has 1 aromatic carbocycles. The number of benzene rings is 1. The predicted molar refractivity (Wildman–Crippen MR) is 62.3 cm³/mol. The summed E-state index contributed by atoms with van der Waals surface area (Å²) < 4.78 is 1.01. The molecule has 0 aliphatic carbocycles. The van der Waals surface area contributed by atoms with Crippen LogP contribution in [0.5, 0.6) is 0 Å². The molecule has 1 rings (SSSR count). The third-order valence-electron chi connectivity index (χ3n) is 2.15. The highest BCUT2D eigenvalue weighted by Gasteiger charge is 2.21. The maximum atomic E-state index is 11.8. The Morgan fingerprint density at radius 1 is 1.29 bits per heavy atom. The number of Topliss-reactive ketones (excluding diaryl/α,β-unsaturated/α-hetero) is 1. The first-order valence-electron chi connectivity index (χ1n) is 4.68. The minimum Gasteiger partial charge on any atom is -0.299 e. The topological polar surface area (TPSA) is 17.1 Å². The Balaban J connectivity index is 2.80. The fraction of sp³-hybridized carbons (Fsp3) is 0.417. The van der Waals surface area contributed by atoms with Crippen LogP contribution in [0.25, 0.3) is 0 Å². The summed E-state index contributed by atoms with van der Waals surface area (Å²) in [5.74, 6) is 0.268. The highest BCUT2D eigenvalue weighted by atomic mass is 79.9. The molecule has 0 atom stereocenters. The van der Waals surface area contributed by atoms with Gasteiger partial charge in [0.05, 0.1) is 0 Å². The largest absolute Gasteiger partial charge is 0.299 e. The average molecular weight is 255 g/mol. The van der Waals surface area contributed by atoms with Crippen molar-refractivity contribution in [3.05, 3.63) is 34.3 Å². The van der Waals surface area contributed by atoms with E-state index in [0.29, 0.717) is 6.42 Å². The summed E-state index contributed by atoms with van der Waals surface area (Å²) in [5, 5.41) is 0. The summed E-state index contributed by atoms with van der Waals surface area (Å²) in [6.07, 6.45) is 0.505. The van der Waals surface area contributed by atoms with E-state index in [1.54, 1.807) is 0 Å². The van der Waals surface area contributed by atoms with E-state index in [-0.39, 0.29) is 11.2 Å². The molecule has 2 heteroatoms. The van der Waals surface area contributed by atoms with E-state index >= 15 is 0 Å². The number of halogens is 1. The van der Waals surface area contributed by atoms with Crippen molar-refractivity contribution in [2.24, 2.45) is 5.41 Å². The SMILES string of the molecule is CC(C)(C)C(=O)Cc1ccccc1Br. The fourth-order valence-corrected chi connectivity index (χ4v) is 1.50. The Hall–Kier alpha value is -0.630. The second-order valence-corrected chi connectivity index (χ2v) is 5.30. The lowest BCUT2D eigenvalue weighted by Gasteiger charge is -2.16. The third kappa shape index (κ3) is 2.95. The van der Waals surface area contributed by atoms with Gasteiger partial charge in [0.2, 0.25) is 0 Å². The molecule has 0 N–H and O–H groups in total. The Morgan fingerprint density at radius 3 is 2.36 bits per heavy atom. The summed E-state index contributed by atoms with van der Waals surface area (Å²) in [4.78, 5) is 11.8. The molecule has 0 spiro atoms. The lowest BCUT2D eigenvalue weighted by atomic mass is 9.87. The van der Waals surface area contributed by atoms with Gasteiger partial charge in [0.15, 0.2) is 0 Å². The second kappa shape index (κ2) is 4.26. The summed E-state index contributed by atoms with van der Waals surface area (Å²) >= 11 is 3.44. The van der Waals surface area contributed by atoms with Crippen LogP contribution in [-0.2, 0) is 11.2 Å². The monoisotopic (exact) mass is 254 g/mol. The minimum atomic E-state index is -0.255. The van der Waals surface area contributed by atoms with Crippen molar-refractivity contribution >= 4 is 21.7 Å². The Morgan fingerprint density at radius 2 is 1.86 bits per heavy atom. The van der Waals surface area contributed by atoms with E-state index in [9.17, 15) is 4.79 Å². The molecule has 0 bridgehead atoms. The third-order valence-corrected chi connectivity index (χ3v) is 2.92. The van der Waals surface area contributed by atoms with Crippen molar-refractivity contribution < 1.29 is 4.79 Å². The van der Waals surface area contributed by atoms with Crippen LogP contribution in [0.4, 0.5) is 0 Å². The molecule has 0 unspecified atom stereocenters. The van der Waals surface area contributed by atoms with Gasteiger partial charge in [-0.25, -0.2) is 0 Å². The van der Waals surface area contributed by atoms with E-state index in [4.69, 9.17) is 0 Å². The maximum Gasteiger partial charge on any atom is 0.142 e. The molecule has 0 aliphatic rings. The lowest BCUT2D eigenvalue weighted by molar-refractivity contribution is -0.125. The summed E-state index contributed by atoms with van der Waals surface area (Å²) in [5.41, 5.74) is 0.808. The standard InChI is InChI=1S/C12H15BrO/c1-12(2,3)11(14)8-9-6-4-5-7-10(9)13/h4-7H,8H2,1-3H3. The van der Waals surface area contributed by atoms with Crippen LogP contribution < -0.4 is 0 Å². The lowest BCUT2D eigenvalue weighted by Crippen LogP contribution is -2.22. The van der Waals surface area contributed by atoms with Gasteiger partial charge in [0.1, 0.15) is 5.78 Å². The molecule has 1 nitrogen and oxygen atoms in total. The van der Waals surface area contributed by atoms with Crippen LogP contribution in [0.3, 0.4) is 0 Å². The van der Waals surface area contributed by atoms with Crippen molar-refractivity contribution in [2.45, 2.75) is 27.2 Å². The van der Waals surface area contributed by atoms with E-state index in [2.05, 4.69) is 15.9 Å². The first kappa shape index (κ1) is 11.4. The summed E-state index contributed by atoms with van der Waals surface area (Å²) in [6, 6.07) is 7.85. The summed E-state index contributed by atoms with van der Waals surface area (Å²) in [7, 11) is 0. The van der Waals surface area contributed by atoms with Crippen LogP contribution >= 0.6 is 15.9 Å². The number of carbonyl (C=O) groups is 1. The van der Waals surface area contributed by atoms with Gasteiger partial charge >= 0.3 is 0 Å². The average Bonchev–Trinajstić information content (AvgIpc) is 2.07.